The predicted molar refractivity (Wildman–Crippen MR) is 82.7 cm³/mol. The van der Waals surface area contributed by atoms with E-state index in [0.29, 0.717) is 12.2 Å². The predicted octanol–water partition coefficient (Wildman–Crippen LogP) is 4.54. The number of hydrogen-bond acceptors (Lipinski definition) is 2. The van der Waals surface area contributed by atoms with Crippen molar-refractivity contribution in [1.29, 1.82) is 0 Å². The summed E-state index contributed by atoms with van der Waals surface area (Å²) in [6.07, 6.45) is 2.87. The van der Waals surface area contributed by atoms with Crippen molar-refractivity contribution in [2.45, 2.75) is 65.1 Å². The number of hydrogen-bond donors (Lipinski definition) is 1. The standard InChI is InChI=1S/C18H27FO2/c1-5-21-18(8-6-17(3,4)7-9-18)16(20)14-10-13(2)11-15(19)12-14/h10-12,16,20H,5-9H2,1-4H3. The van der Waals surface area contributed by atoms with E-state index in [-0.39, 0.29) is 11.2 Å². The van der Waals surface area contributed by atoms with Crippen LogP contribution in [0.15, 0.2) is 18.2 Å². The second-order valence-corrected chi connectivity index (χ2v) is 7.13. The lowest BCUT2D eigenvalue weighted by molar-refractivity contribution is -0.153. The number of aliphatic hydroxyl groups excluding tert-OH is 1. The lowest BCUT2D eigenvalue weighted by Crippen LogP contribution is -2.44. The van der Waals surface area contributed by atoms with E-state index in [2.05, 4.69) is 13.8 Å². The maximum Gasteiger partial charge on any atom is 0.123 e. The summed E-state index contributed by atoms with van der Waals surface area (Å²) in [6, 6.07) is 4.76. The first-order valence-corrected chi connectivity index (χ1v) is 7.87. The van der Waals surface area contributed by atoms with Crippen LogP contribution in [0.5, 0.6) is 0 Å². The topological polar surface area (TPSA) is 29.5 Å². The summed E-state index contributed by atoms with van der Waals surface area (Å²) >= 11 is 0. The Kier molecular flexibility index (Phi) is 4.74. The minimum Gasteiger partial charge on any atom is -0.385 e. The number of aliphatic hydroxyl groups is 1. The molecule has 0 aliphatic heterocycles. The Morgan fingerprint density at radius 3 is 2.33 bits per heavy atom. The van der Waals surface area contributed by atoms with Crippen LogP contribution in [0.25, 0.3) is 0 Å². The Morgan fingerprint density at radius 2 is 1.81 bits per heavy atom. The van der Waals surface area contributed by atoms with E-state index in [1.165, 1.54) is 12.1 Å². The van der Waals surface area contributed by atoms with Gasteiger partial charge in [0, 0.05) is 6.61 Å². The van der Waals surface area contributed by atoms with Crippen LogP contribution in [-0.4, -0.2) is 17.3 Å². The summed E-state index contributed by atoms with van der Waals surface area (Å²) < 4.78 is 19.6. The van der Waals surface area contributed by atoms with Gasteiger partial charge in [0.15, 0.2) is 0 Å². The molecule has 0 bridgehead atoms. The smallest absolute Gasteiger partial charge is 0.123 e. The second kappa shape index (κ2) is 6.05. The average Bonchev–Trinajstić information content (AvgIpc) is 2.40. The van der Waals surface area contributed by atoms with E-state index in [9.17, 15) is 9.50 Å². The highest BCUT2D eigenvalue weighted by Gasteiger charge is 2.44. The van der Waals surface area contributed by atoms with Crippen molar-refractivity contribution in [3.05, 3.63) is 35.1 Å². The third-order valence-corrected chi connectivity index (χ3v) is 4.76. The fraction of sp³-hybridized carbons (Fsp3) is 0.667. The number of ether oxygens (including phenoxy) is 1. The summed E-state index contributed by atoms with van der Waals surface area (Å²) in [4.78, 5) is 0. The number of rotatable bonds is 4. The molecule has 2 nitrogen and oxygen atoms in total. The minimum absolute atomic E-state index is 0.290. The van der Waals surface area contributed by atoms with Gasteiger partial charge < -0.3 is 9.84 Å². The van der Waals surface area contributed by atoms with Crippen molar-refractivity contribution in [3.63, 3.8) is 0 Å². The normalized spacial score (nSPS) is 22.0. The lowest BCUT2D eigenvalue weighted by Gasteiger charge is -2.46. The van der Waals surface area contributed by atoms with Crippen LogP contribution in [0.4, 0.5) is 4.39 Å². The summed E-state index contributed by atoms with van der Waals surface area (Å²) in [7, 11) is 0. The van der Waals surface area contributed by atoms with Crippen LogP contribution in [-0.2, 0) is 4.74 Å². The molecule has 2 rings (SSSR count). The van der Waals surface area contributed by atoms with Gasteiger partial charge >= 0.3 is 0 Å². The first kappa shape index (κ1) is 16.4. The minimum atomic E-state index is -0.775. The van der Waals surface area contributed by atoms with Crippen LogP contribution in [0.1, 0.15) is 63.7 Å². The lowest BCUT2D eigenvalue weighted by atomic mass is 9.68. The first-order chi connectivity index (χ1) is 9.78. The number of benzene rings is 1. The molecule has 1 aliphatic carbocycles. The molecule has 0 saturated heterocycles. The molecule has 1 fully saturated rings. The molecular weight excluding hydrogens is 267 g/mol. The van der Waals surface area contributed by atoms with Crippen LogP contribution >= 0.6 is 0 Å². The highest BCUT2D eigenvalue weighted by atomic mass is 19.1. The molecule has 1 unspecified atom stereocenters. The zero-order valence-corrected chi connectivity index (χ0v) is 13.6. The van der Waals surface area contributed by atoms with Crippen LogP contribution in [0.2, 0.25) is 0 Å². The molecule has 1 atom stereocenters. The van der Waals surface area contributed by atoms with Gasteiger partial charge in [0.1, 0.15) is 11.9 Å². The molecule has 1 aliphatic rings. The molecule has 0 radical (unpaired) electrons. The molecule has 0 aromatic heterocycles. The van der Waals surface area contributed by atoms with Crippen molar-refractivity contribution in [2.24, 2.45) is 5.41 Å². The average molecular weight is 294 g/mol. The van der Waals surface area contributed by atoms with E-state index in [0.717, 1.165) is 31.2 Å². The van der Waals surface area contributed by atoms with Gasteiger partial charge in [0.05, 0.1) is 5.60 Å². The molecule has 1 N–H and O–H groups in total. The molecule has 3 heteroatoms. The Bertz CT molecular complexity index is 466. The van der Waals surface area contributed by atoms with Crippen molar-refractivity contribution < 1.29 is 14.2 Å². The molecule has 21 heavy (non-hydrogen) atoms. The molecule has 0 heterocycles. The molecule has 1 aromatic rings. The SMILES string of the molecule is CCOC1(C(O)c2cc(C)cc(F)c2)CCC(C)(C)CC1. The quantitative estimate of drug-likeness (QED) is 0.883. The van der Waals surface area contributed by atoms with Crippen molar-refractivity contribution in [3.8, 4) is 0 Å². The fourth-order valence-corrected chi connectivity index (χ4v) is 3.36. The van der Waals surface area contributed by atoms with Gasteiger partial charge in [0.2, 0.25) is 0 Å². The Labute approximate surface area is 127 Å². The maximum atomic E-state index is 13.6. The van der Waals surface area contributed by atoms with Gasteiger partial charge in [-0.1, -0.05) is 19.9 Å². The summed E-state index contributed by atoms with van der Waals surface area (Å²) in [5.74, 6) is -0.299. The summed E-state index contributed by atoms with van der Waals surface area (Å²) in [6.45, 7) is 8.86. The van der Waals surface area contributed by atoms with Gasteiger partial charge in [-0.05, 0) is 68.2 Å². The molecule has 0 amide bonds. The molecule has 0 spiro atoms. The van der Waals surface area contributed by atoms with E-state index < -0.39 is 11.7 Å². The Balaban J connectivity index is 2.29. The zero-order chi connectivity index (χ0) is 15.7. The Hall–Kier alpha value is -0.930. The monoisotopic (exact) mass is 294 g/mol. The van der Waals surface area contributed by atoms with Crippen LogP contribution in [0, 0.1) is 18.2 Å². The van der Waals surface area contributed by atoms with E-state index in [4.69, 9.17) is 4.74 Å². The highest BCUT2D eigenvalue weighted by molar-refractivity contribution is 5.27. The summed E-state index contributed by atoms with van der Waals surface area (Å²) in [5.41, 5.74) is 1.16. The summed E-state index contributed by atoms with van der Waals surface area (Å²) in [5, 5.41) is 10.9. The molecule has 1 saturated carbocycles. The first-order valence-electron chi connectivity index (χ1n) is 7.87. The third kappa shape index (κ3) is 3.64. The molecule has 1 aromatic carbocycles. The van der Waals surface area contributed by atoms with Crippen molar-refractivity contribution >= 4 is 0 Å². The van der Waals surface area contributed by atoms with E-state index in [1.54, 1.807) is 0 Å². The number of halogens is 1. The maximum absolute atomic E-state index is 13.6. The van der Waals surface area contributed by atoms with Crippen molar-refractivity contribution in [2.75, 3.05) is 6.61 Å². The van der Waals surface area contributed by atoms with Gasteiger partial charge in [0.25, 0.3) is 0 Å². The van der Waals surface area contributed by atoms with Gasteiger partial charge in [-0.3, -0.25) is 0 Å². The van der Waals surface area contributed by atoms with Crippen LogP contribution < -0.4 is 0 Å². The fourth-order valence-electron chi connectivity index (χ4n) is 3.36. The largest absolute Gasteiger partial charge is 0.385 e. The van der Waals surface area contributed by atoms with E-state index >= 15 is 0 Å². The number of aryl methyl sites for hydroxylation is 1. The van der Waals surface area contributed by atoms with Gasteiger partial charge in [-0.2, -0.15) is 0 Å². The zero-order valence-electron chi connectivity index (χ0n) is 13.6. The second-order valence-electron chi connectivity index (χ2n) is 7.13. The highest BCUT2D eigenvalue weighted by Crippen LogP contribution is 2.47. The Morgan fingerprint density at radius 1 is 1.19 bits per heavy atom. The third-order valence-electron chi connectivity index (χ3n) is 4.76. The van der Waals surface area contributed by atoms with Gasteiger partial charge in [-0.15, -0.1) is 0 Å². The molecular formula is C18H27FO2. The van der Waals surface area contributed by atoms with Crippen LogP contribution in [0.3, 0.4) is 0 Å². The van der Waals surface area contributed by atoms with E-state index in [1.807, 2.05) is 19.9 Å². The van der Waals surface area contributed by atoms with Crippen molar-refractivity contribution in [1.82, 2.24) is 0 Å². The molecule has 118 valence electrons. The van der Waals surface area contributed by atoms with Gasteiger partial charge in [-0.25, -0.2) is 4.39 Å².